The van der Waals surface area contributed by atoms with E-state index in [-0.39, 0.29) is 5.38 Å². The van der Waals surface area contributed by atoms with E-state index in [1.54, 1.807) is 0 Å². The SMILES string of the molecule is ClC(c1ccc2c(c1)OCCO2)C1CCCC1. The van der Waals surface area contributed by atoms with Crippen LogP contribution in [-0.4, -0.2) is 13.2 Å². The van der Waals surface area contributed by atoms with E-state index in [0.29, 0.717) is 19.1 Å². The summed E-state index contributed by atoms with van der Waals surface area (Å²) in [7, 11) is 0. The van der Waals surface area contributed by atoms with Crippen molar-refractivity contribution in [1.29, 1.82) is 0 Å². The van der Waals surface area contributed by atoms with Crippen LogP contribution >= 0.6 is 11.6 Å². The molecule has 1 heterocycles. The molecule has 3 heteroatoms. The van der Waals surface area contributed by atoms with Gasteiger partial charge in [-0.15, -0.1) is 11.6 Å². The van der Waals surface area contributed by atoms with Gasteiger partial charge in [0.25, 0.3) is 0 Å². The summed E-state index contributed by atoms with van der Waals surface area (Å²) in [6, 6.07) is 6.10. The summed E-state index contributed by atoms with van der Waals surface area (Å²) in [6.07, 6.45) is 5.14. The highest BCUT2D eigenvalue weighted by atomic mass is 35.5. The summed E-state index contributed by atoms with van der Waals surface area (Å²) >= 11 is 6.56. The maximum Gasteiger partial charge on any atom is 0.161 e. The standard InChI is InChI=1S/C14H17ClO2/c15-14(10-3-1-2-4-10)11-5-6-12-13(9-11)17-8-7-16-12/h5-6,9-10,14H,1-4,7-8H2. The smallest absolute Gasteiger partial charge is 0.161 e. The highest BCUT2D eigenvalue weighted by Gasteiger charge is 2.25. The lowest BCUT2D eigenvalue weighted by Gasteiger charge is -2.22. The summed E-state index contributed by atoms with van der Waals surface area (Å²) in [5.74, 6) is 2.31. The fraction of sp³-hybridized carbons (Fsp3) is 0.571. The number of rotatable bonds is 2. The predicted molar refractivity (Wildman–Crippen MR) is 68.0 cm³/mol. The number of benzene rings is 1. The maximum atomic E-state index is 6.56. The Hall–Kier alpha value is -0.890. The minimum Gasteiger partial charge on any atom is -0.486 e. The van der Waals surface area contributed by atoms with Gasteiger partial charge in [-0.1, -0.05) is 18.9 Å². The Bertz CT molecular complexity index is 399. The molecule has 0 bridgehead atoms. The Morgan fingerprint density at radius 3 is 2.53 bits per heavy atom. The normalized spacial score (nSPS) is 21.5. The van der Waals surface area contributed by atoms with E-state index in [1.165, 1.54) is 31.2 Å². The number of hydrogen-bond acceptors (Lipinski definition) is 2. The number of hydrogen-bond donors (Lipinski definition) is 0. The molecule has 0 radical (unpaired) electrons. The average molecular weight is 253 g/mol. The van der Waals surface area contributed by atoms with Gasteiger partial charge in [0.2, 0.25) is 0 Å². The summed E-state index contributed by atoms with van der Waals surface area (Å²) in [4.78, 5) is 0. The molecule has 0 amide bonds. The second kappa shape index (κ2) is 4.77. The molecule has 1 aliphatic carbocycles. The Morgan fingerprint density at radius 2 is 1.76 bits per heavy atom. The highest BCUT2D eigenvalue weighted by molar-refractivity contribution is 6.21. The van der Waals surface area contributed by atoms with Crippen molar-refractivity contribution in [3.63, 3.8) is 0 Å². The van der Waals surface area contributed by atoms with Crippen LogP contribution in [0.25, 0.3) is 0 Å². The monoisotopic (exact) mass is 252 g/mol. The molecule has 0 spiro atoms. The van der Waals surface area contributed by atoms with Gasteiger partial charge in [-0.2, -0.15) is 0 Å². The Balaban J connectivity index is 1.82. The fourth-order valence-corrected chi connectivity index (χ4v) is 3.14. The van der Waals surface area contributed by atoms with Crippen molar-refractivity contribution in [3.8, 4) is 11.5 Å². The van der Waals surface area contributed by atoms with Gasteiger partial charge in [0, 0.05) is 0 Å². The summed E-state index contributed by atoms with van der Waals surface area (Å²) < 4.78 is 11.1. The first-order valence-electron chi connectivity index (χ1n) is 6.38. The van der Waals surface area contributed by atoms with Crippen LogP contribution in [-0.2, 0) is 0 Å². The topological polar surface area (TPSA) is 18.5 Å². The van der Waals surface area contributed by atoms with Crippen molar-refractivity contribution in [2.45, 2.75) is 31.1 Å². The zero-order valence-corrected chi connectivity index (χ0v) is 10.6. The van der Waals surface area contributed by atoms with Crippen LogP contribution in [0.1, 0.15) is 36.6 Å². The average Bonchev–Trinajstić information content (AvgIpc) is 2.91. The zero-order valence-electron chi connectivity index (χ0n) is 9.82. The molecule has 1 unspecified atom stereocenters. The van der Waals surface area contributed by atoms with Gasteiger partial charge in [0.05, 0.1) is 5.38 Å². The van der Waals surface area contributed by atoms with Crippen LogP contribution in [0.3, 0.4) is 0 Å². The van der Waals surface area contributed by atoms with E-state index >= 15 is 0 Å². The number of alkyl halides is 1. The van der Waals surface area contributed by atoms with E-state index in [4.69, 9.17) is 21.1 Å². The van der Waals surface area contributed by atoms with Gasteiger partial charge in [0.1, 0.15) is 13.2 Å². The Morgan fingerprint density at radius 1 is 1.06 bits per heavy atom. The lowest BCUT2D eigenvalue weighted by atomic mass is 9.97. The van der Waals surface area contributed by atoms with Gasteiger partial charge in [-0.3, -0.25) is 0 Å². The van der Waals surface area contributed by atoms with Crippen molar-refractivity contribution in [2.75, 3.05) is 13.2 Å². The second-order valence-corrected chi connectivity index (χ2v) is 5.32. The fourth-order valence-electron chi connectivity index (χ4n) is 2.75. The molecule has 92 valence electrons. The first kappa shape index (κ1) is 11.2. The third kappa shape index (κ3) is 2.23. The first-order chi connectivity index (χ1) is 8.34. The molecule has 17 heavy (non-hydrogen) atoms. The molecule has 2 aliphatic rings. The molecular formula is C14H17ClO2. The van der Waals surface area contributed by atoms with Crippen LogP contribution in [0.4, 0.5) is 0 Å². The molecule has 1 fully saturated rings. The Labute approximate surface area is 107 Å². The third-order valence-electron chi connectivity index (χ3n) is 3.70. The largest absolute Gasteiger partial charge is 0.486 e. The minimum atomic E-state index is 0.119. The van der Waals surface area contributed by atoms with Crippen LogP contribution in [0.15, 0.2) is 18.2 Å². The van der Waals surface area contributed by atoms with E-state index in [0.717, 1.165) is 11.5 Å². The molecular weight excluding hydrogens is 236 g/mol. The first-order valence-corrected chi connectivity index (χ1v) is 6.82. The van der Waals surface area contributed by atoms with Gasteiger partial charge < -0.3 is 9.47 Å². The van der Waals surface area contributed by atoms with E-state index in [2.05, 4.69) is 6.07 Å². The number of halogens is 1. The van der Waals surface area contributed by atoms with Gasteiger partial charge >= 0.3 is 0 Å². The third-order valence-corrected chi connectivity index (χ3v) is 4.31. The summed E-state index contributed by atoms with van der Waals surface area (Å²) in [6.45, 7) is 1.27. The molecule has 0 N–H and O–H groups in total. The Kier molecular flexibility index (Phi) is 3.15. The van der Waals surface area contributed by atoms with Crippen molar-refractivity contribution in [3.05, 3.63) is 23.8 Å². The second-order valence-electron chi connectivity index (χ2n) is 4.85. The van der Waals surface area contributed by atoms with E-state index in [9.17, 15) is 0 Å². The van der Waals surface area contributed by atoms with E-state index < -0.39 is 0 Å². The molecule has 1 saturated carbocycles. The molecule has 1 aliphatic heterocycles. The van der Waals surface area contributed by atoms with Crippen LogP contribution in [0, 0.1) is 5.92 Å². The molecule has 1 aromatic carbocycles. The van der Waals surface area contributed by atoms with Crippen molar-refractivity contribution >= 4 is 11.6 Å². The minimum absolute atomic E-state index is 0.119. The lowest BCUT2D eigenvalue weighted by Crippen LogP contribution is -2.15. The molecule has 0 saturated heterocycles. The number of ether oxygens (including phenoxy) is 2. The van der Waals surface area contributed by atoms with Gasteiger partial charge in [0.15, 0.2) is 11.5 Å². The highest BCUT2D eigenvalue weighted by Crippen LogP contribution is 2.42. The van der Waals surface area contributed by atoms with Crippen molar-refractivity contribution < 1.29 is 9.47 Å². The summed E-state index contributed by atoms with van der Waals surface area (Å²) in [5, 5.41) is 0.119. The quantitative estimate of drug-likeness (QED) is 0.743. The number of fused-ring (bicyclic) bond motifs is 1. The maximum absolute atomic E-state index is 6.56. The molecule has 1 aromatic rings. The summed E-state index contributed by atoms with van der Waals surface area (Å²) in [5.41, 5.74) is 1.17. The molecule has 1 atom stereocenters. The zero-order chi connectivity index (χ0) is 11.7. The van der Waals surface area contributed by atoms with Crippen LogP contribution in [0.2, 0.25) is 0 Å². The predicted octanol–water partition coefficient (Wildman–Crippen LogP) is 3.93. The van der Waals surface area contributed by atoms with Crippen LogP contribution < -0.4 is 9.47 Å². The van der Waals surface area contributed by atoms with Gasteiger partial charge in [-0.05, 0) is 36.5 Å². The van der Waals surface area contributed by atoms with Crippen molar-refractivity contribution in [1.82, 2.24) is 0 Å². The van der Waals surface area contributed by atoms with Crippen molar-refractivity contribution in [2.24, 2.45) is 5.92 Å². The van der Waals surface area contributed by atoms with Crippen LogP contribution in [0.5, 0.6) is 11.5 Å². The molecule has 0 aromatic heterocycles. The van der Waals surface area contributed by atoms with Gasteiger partial charge in [-0.25, -0.2) is 0 Å². The van der Waals surface area contributed by atoms with E-state index in [1.807, 2.05) is 12.1 Å². The molecule has 3 rings (SSSR count). The molecule has 2 nitrogen and oxygen atoms in total. The lowest BCUT2D eigenvalue weighted by molar-refractivity contribution is 0.171.